The van der Waals surface area contributed by atoms with E-state index in [4.69, 9.17) is 14.0 Å². The molecular formula is C21H29BO4. The summed E-state index contributed by atoms with van der Waals surface area (Å²) in [7, 11) is -0.414. The first-order valence-electron chi connectivity index (χ1n) is 9.67. The molecular weight excluding hydrogens is 327 g/mol. The van der Waals surface area contributed by atoms with E-state index in [-0.39, 0.29) is 17.7 Å². The summed E-state index contributed by atoms with van der Waals surface area (Å²) in [6, 6.07) is 7.46. The third kappa shape index (κ3) is 2.71. The fourth-order valence-corrected chi connectivity index (χ4v) is 5.16. The van der Waals surface area contributed by atoms with Gasteiger partial charge in [-0.1, -0.05) is 26.0 Å². The van der Waals surface area contributed by atoms with E-state index in [1.807, 2.05) is 39.0 Å². The second-order valence-electron chi connectivity index (χ2n) is 9.93. The van der Waals surface area contributed by atoms with E-state index in [1.54, 1.807) is 6.07 Å². The van der Waals surface area contributed by atoms with E-state index in [9.17, 15) is 4.79 Å². The zero-order valence-corrected chi connectivity index (χ0v) is 16.7. The minimum atomic E-state index is -0.511. The van der Waals surface area contributed by atoms with Crippen LogP contribution >= 0.6 is 0 Å². The maximum absolute atomic E-state index is 12.4. The SMILES string of the molecule is CC(C)(C)OC(=O)c1cccc(B2OC3CC4CC(C4(C)C)C3(C)O2)c1. The number of carbonyl (C=O) groups excluding carboxylic acids is 1. The third-order valence-electron chi connectivity index (χ3n) is 6.74. The van der Waals surface area contributed by atoms with Crippen molar-refractivity contribution in [2.75, 3.05) is 0 Å². The van der Waals surface area contributed by atoms with Crippen LogP contribution in [0.2, 0.25) is 0 Å². The van der Waals surface area contributed by atoms with Crippen LogP contribution < -0.4 is 5.46 Å². The Morgan fingerprint density at radius 1 is 1.23 bits per heavy atom. The zero-order valence-electron chi connectivity index (χ0n) is 16.7. The van der Waals surface area contributed by atoms with E-state index in [0.717, 1.165) is 17.8 Å². The van der Waals surface area contributed by atoms with Gasteiger partial charge in [-0.25, -0.2) is 4.79 Å². The lowest BCUT2D eigenvalue weighted by Gasteiger charge is -2.64. The molecule has 140 valence electrons. The van der Waals surface area contributed by atoms with Gasteiger partial charge in [0.1, 0.15) is 5.60 Å². The molecule has 0 aromatic heterocycles. The Bertz CT molecular complexity index is 738. The van der Waals surface area contributed by atoms with Crippen molar-refractivity contribution in [1.82, 2.24) is 0 Å². The summed E-state index contributed by atoms with van der Waals surface area (Å²) in [4.78, 5) is 12.4. The van der Waals surface area contributed by atoms with Crippen molar-refractivity contribution in [3.05, 3.63) is 29.8 Å². The monoisotopic (exact) mass is 356 g/mol. The first-order chi connectivity index (χ1) is 12.0. The van der Waals surface area contributed by atoms with Crippen LogP contribution in [0.15, 0.2) is 24.3 Å². The Balaban J connectivity index is 1.55. The standard InChI is InChI=1S/C21H29BO4/c1-19(2,3)24-18(23)13-8-7-9-15(10-13)22-25-17-12-14-11-16(20(14,4)5)21(17,6)26-22/h7-10,14,16-17H,11-12H2,1-6H3. The topological polar surface area (TPSA) is 44.8 Å². The molecule has 5 heteroatoms. The fraction of sp³-hybridized carbons (Fsp3) is 0.667. The largest absolute Gasteiger partial charge is 0.494 e. The summed E-state index contributed by atoms with van der Waals surface area (Å²) in [5.41, 5.74) is 0.989. The molecule has 0 spiro atoms. The lowest BCUT2D eigenvalue weighted by molar-refractivity contribution is -0.199. The van der Waals surface area contributed by atoms with Gasteiger partial charge in [-0.2, -0.15) is 0 Å². The van der Waals surface area contributed by atoms with Crippen LogP contribution in [0.5, 0.6) is 0 Å². The molecule has 0 amide bonds. The predicted octanol–water partition coefficient (Wildman–Crippen LogP) is 3.58. The van der Waals surface area contributed by atoms with Crippen LogP contribution in [0.1, 0.15) is 64.7 Å². The van der Waals surface area contributed by atoms with E-state index in [2.05, 4.69) is 20.8 Å². The highest BCUT2D eigenvalue weighted by Gasteiger charge is 2.67. The average Bonchev–Trinajstić information content (AvgIpc) is 2.90. The predicted molar refractivity (Wildman–Crippen MR) is 101 cm³/mol. The van der Waals surface area contributed by atoms with Crippen molar-refractivity contribution in [1.29, 1.82) is 0 Å². The third-order valence-corrected chi connectivity index (χ3v) is 6.74. The molecule has 1 aliphatic heterocycles. The Morgan fingerprint density at radius 2 is 1.96 bits per heavy atom. The van der Waals surface area contributed by atoms with Gasteiger partial charge in [0.25, 0.3) is 0 Å². The smallest absolute Gasteiger partial charge is 0.456 e. The minimum Gasteiger partial charge on any atom is -0.456 e. The van der Waals surface area contributed by atoms with E-state index < -0.39 is 12.7 Å². The minimum absolute atomic E-state index is 0.134. The average molecular weight is 356 g/mol. The number of esters is 1. The first kappa shape index (κ1) is 18.1. The quantitative estimate of drug-likeness (QED) is 0.600. The Hall–Kier alpha value is -1.33. The van der Waals surface area contributed by atoms with Crippen molar-refractivity contribution in [3.8, 4) is 0 Å². The fourth-order valence-electron chi connectivity index (χ4n) is 5.16. The Labute approximate surface area is 156 Å². The molecule has 1 aromatic carbocycles. The number of hydrogen-bond donors (Lipinski definition) is 0. The lowest BCUT2D eigenvalue weighted by Crippen LogP contribution is -2.65. The van der Waals surface area contributed by atoms with E-state index in [1.165, 1.54) is 6.42 Å². The highest BCUT2D eigenvalue weighted by molar-refractivity contribution is 6.62. The first-order valence-corrected chi connectivity index (χ1v) is 9.67. The Kier molecular flexibility index (Phi) is 3.88. The number of carbonyl (C=O) groups is 1. The summed E-state index contributed by atoms with van der Waals surface area (Å²) in [5.74, 6) is 0.933. The van der Waals surface area contributed by atoms with Gasteiger partial charge in [0.05, 0.1) is 17.3 Å². The van der Waals surface area contributed by atoms with Crippen LogP contribution in [-0.4, -0.2) is 30.4 Å². The molecule has 4 fully saturated rings. The molecule has 2 bridgehead atoms. The summed E-state index contributed by atoms with van der Waals surface area (Å²) in [6.45, 7) is 12.5. The van der Waals surface area contributed by atoms with Gasteiger partial charge in [0.15, 0.2) is 0 Å². The Morgan fingerprint density at radius 3 is 2.62 bits per heavy atom. The van der Waals surface area contributed by atoms with Gasteiger partial charge < -0.3 is 14.0 Å². The zero-order chi connectivity index (χ0) is 18.9. The lowest BCUT2D eigenvalue weighted by atomic mass is 9.43. The maximum Gasteiger partial charge on any atom is 0.494 e. The van der Waals surface area contributed by atoms with Crippen molar-refractivity contribution < 1.29 is 18.8 Å². The summed E-state index contributed by atoms with van der Waals surface area (Å²) in [5, 5.41) is 0. The summed E-state index contributed by atoms with van der Waals surface area (Å²) < 4.78 is 18.3. The van der Waals surface area contributed by atoms with Gasteiger partial charge in [-0.3, -0.25) is 0 Å². The molecule has 3 saturated carbocycles. The van der Waals surface area contributed by atoms with Gasteiger partial charge in [-0.15, -0.1) is 0 Å². The van der Waals surface area contributed by atoms with Crippen molar-refractivity contribution in [3.63, 3.8) is 0 Å². The van der Waals surface area contributed by atoms with Gasteiger partial charge in [-0.05, 0) is 75.4 Å². The van der Waals surface area contributed by atoms with Crippen LogP contribution in [0.4, 0.5) is 0 Å². The van der Waals surface area contributed by atoms with Crippen LogP contribution in [0.25, 0.3) is 0 Å². The number of benzene rings is 1. The molecule has 4 atom stereocenters. The number of hydrogen-bond acceptors (Lipinski definition) is 4. The molecule has 4 aliphatic rings. The van der Waals surface area contributed by atoms with Crippen molar-refractivity contribution in [2.45, 2.75) is 71.7 Å². The summed E-state index contributed by atoms with van der Waals surface area (Å²) in [6.07, 6.45) is 2.42. The maximum atomic E-state index is 12.4. The molecule has 0 radical (unpaired) electrons. The molecule has 1 saturated heterocycles. The van der Waals surface area contributed by atoms with Crippen molar-refractivity contribution in [2.24, 2.45) is 17.3 Å². The normalized spacial score (nSPS) is 34.8. The van der Waals surface area contributed by atoms with Crippen LogP contribution in [0.3, 0.4) is 0 Å². The number of rotatable bonds is 2. The number of ether oxygens (including phenoxy) is 1. The second kappa shape index (κ2) is 5.59. The van der Waals surface area contributed by atoms with Gasteiger partial charge in [0, 0.05) is 0 Å². The molecule has 3 aliphatic carbocycles. The van der Waals surface area contributed by atoms with Crippen LogP contribution in [-0.2, 0) is 14.0 Å². The molecule has 0 N–H and O–H groups in total. The molecule has 26 heavy (non-hydrogen) atoms. The highest BCUT2D eigenvalue weighted by Crippen LogP contribution is 2.65. The van der Waals surface area contributed by atoms with Gasteiger partial charge in [0.2, 0.25) is 0 Å². The molecule has 5 rings (SSSR count). The highest BCUT2D eigenvalue weighted by atomic mass is 16.7. The van der Waals surface area contributed by atoms with Gasteiger partial charge >= 0.3 is 13.1 Å². The molecule has 1 heterocycles. The molecule has 1 aromatic rings. The summed E-state index contributed by atoms with van der Waals surface area (Å²) >= 11 is 0. The molecule has 4 unspecified atom stereocenters. The van der Waals surface area contributed by atoms with Crippen molar-refractivity contribution >= 4 is 18.6 Å². The second-order valence-corrected chi connectivity index (χ2v) is 9.93. The van der Waals surface area contributed by atoms with Crippen LogP contribution in [0, 0.1) is 17.3 Å². The van der Waals surface area contributed by atoms with E-state index >= 15 is 0 Å². The molecule has 4 nitrogen and oxygen atoms in total. The van der Waals surface area contributed by atoms with E-state index in [0.29, 0.717) is 16.9 Å².